The molecule has 0 aliphatic rings. The van der Waals surface area contributed by atoms with Crippen LogP contribution in [0.3, 0.4) is 0 Å². The van der Waals surface area contributed by atoms with Gasteiger partial charge in [-0.1, -0.05) is 164 Å². The number of rotatable bonds is 10. The second-order valence-corrected chi connectivity index (χ2v) is 11.5. The van der Waals surface area contributed by atoms with Crippen molar-refractivity contribution in [2.45, 2.75) is 13.8 Å². The summed E-state index contributed by atoms with van der Waals surface area (Å²) in [4.78, 5) is 2.30. The first-order chi connectivity index (χ1) is 23.2. The maximum absolute atomic E-state index is 4.03. The Hall–Kier alpha value is -5.92. The molecule has 0 aromatic heterocycles. The number of nitrogens with zero attached hydrogens (tertiary/aromatic N) is 1. The van der Waals surface area contributed by atoms with Crippen molar-refractivity contribution in [1.29, 1.82) is 0 Å². The Morgan fingerprint density at radius 1 is 0.511 bits per heavy atom. The predicted molar refractivity (Wildman–Crippen MR) is 203 cm³/mol. The molecular weight excluding hydrogens is 567 g/mol. The SMILES string of the molecule is C=C/C=C(\C=C/C)C(=C(\c1ccccc1)c1ccc(-c2ccc(N(c3ccccc3)c3ccc(C)cc3)cc2)cc1)/c1ccccc1. The maximum atomic E-state index is 4.03. The lowest BCUT2D eigenvalue weighted by Crippen LogP contribution is -2.09. The van der Waals surface area contributed by atoms with Gasteiger partial charge in [-0.2, -0.15) is 0 Å². The van der Waals surface area contributed by atoms with E-state index in [1.165, 1.54) is 33.4 Å². The van der Waals surface area contributed by atoms with E-state index in [0.717, 1.165) is 33.8 Å². The number of aryl methyl sites for hydroxylation is 1. The average molecular weight is 606 g/mol. The monoisotopic (exact) mass is 605 g/mol. The van der Waals surface area contributed by atoms with Gasteiger partial charge in [0.05, 0.1) is 0 Å². The highest BCUT2D eigenvalue weighted by Crippen LogP contribution is 2.39. The highest BCUT2D eigenvalue weighted by atomic mass is 15.1. The summed E-state index contributed by atoms with van der Waals surface area (Å²) < 4.78 is 0. The van der Waals surface area contributed by atoms with E-state index in [2.05, 4.69) is 207 Å². The molecule has 0 bridgehead atoms. The van der Waals surface area contributed by atoms with Crippen LogP contribution in [0.4, 0.5) is 17.1 Å². The van der Waals surface area contributed by atoms with E-state index in [1.54, 1.807) is 0 Å². The van der Waals surface area contributed by atoms with Gasteiger partial charge < -0.3 is 4.90 Å². The van der Waals surface area contributed by atoms with Crippen LogP contribution in [0.25, 0.3) is 22.3 Å². The van der Waals surface area contributed by atoms with E-state index in [-0.39, 0.29) is 0 Å². The van der Waals surface area contributed by atoms with E-state index in [9.17, 15) is 0 Å². The summed E-state index contributed by atoms with van der Waals surface area (Å²) in [6.45, 7) is 8.21. The van der Waals surface area contributed by atoms with Crippen molar-refractivity contribution in [1.82, 2.24) is 0 Å². The largest absolute Gasteiger partial charge is 0.311 e. The molecular formula is C46H39N. The number of allylic oxidation sites excluding steroid dienone is 6. The van der Waals surface area contributed by atoms with Gasteiger partial charge in [0.15, 0.2) is 0 Å². The van der Waals surface area contributed by atoms with Crippen LogP contribution in [0.15, 0.2) is 200 Å². The lowest BCUT2D eigenvalue weighted by atomic mass is 9.85. The van der Waals surface area contributed by atoms with Crippen molar-refractivity contribution in [2.24, 2.45) is 0 Å². The summed E-state index contributed by atoms with van der Waals surface area (Å²) in [5, 5.41) is 0. The Morgan fingerprint density at radius 2 is 0.957 bits per heavy atom. The van der Waals surface area contributed by atoms with E-state index in [4.69, 9.17) is 0 Å². The van der Waals surface area contributed by atoms with Gasteiger partial charge in [0.1, 0.15) is 0 Å². The van der Waals surface area contributed by atoms with E-state index in [1.807, 2.05) is 6.08 Å². The Bertz CT molecular complexity index is 2000. The molecule has 0 unspecified atom stereocenters. The van der Waals surface area contributed by atoms with Gasteiger partial charge >= 0.3 is 0 Å². The average Bonchev–Trinajstić information content (AvgIpc) is 3.13. The zero-order valence-corrected chi connectivity index (χ0v) is 27.1. The number of hydrogen-bond donors (Lipinski definition) is 0. The van der Waals surface area contributed by atoms with Crippen LogP contribution >= 0.6 is 0 Å². The van der Waals surface area contributed by atoms with Gasteiger partial charge in [0.2, 0.25) is 0 Å². The van der Waals surface area contributed by atoms with Crippen molar-refractivity contribution in [3.05, 3.63) is 223 Å². The Labute approximate surface area is 279 Å². The minimum Gasteiger partial charge on any atom is -0.311 e. The van der Waals surface area contributed by atoms with Crippen molar-refractivity contribution in [2.75, 3.05) is 4.90 Å². The first kappa shape index (κ1) is 31.1. The van der Waals surface area contributed by atoms with E-state index < -0.39 is 0 Å². The van der Waals surface area contributed by atoms with Crippen LogP contribution in [-0.2, 0) is 0 Å². The summed E-state index contributed by atoms with van der Waals surface area (Å²) in [6, 6.07) is 58.4. The molecule has 1 heteroatoms. The van der Waals surface area contributed by atoms with E-state index >= 15 is 0 Å². The third-order valence-corrected chi connectivity index (χ3v) is 8.25. The van der Waals surface area contributed by atoms with Crippen LogP contribution in [0.5, 0.6) is 0 Å². The van der Waals surface area contributed by atoms with Crippen LogP contribution in [-0.4, -0.2) is 0 Å². The molecule has 0 heterocycles. The minimum atomic E-state index is 1.11. The number of benzene rings is 6. The molecule has 0 aliphatic heterocycles. The smallest absolute Gasteiger partial charge is 0.0462 e. The minimum absolute atomic E-state index is 1.11. The molecule has 6 aromatic rings. The molecule has 0 N–H and O–H groups in total. The zero-order chi connectivity index (χ0) is 32.4. The fourth-order valence-electron chi connectivity index (χ4n) is 6.00. The van der Waals surface area contributed by atoms with Gasteiger partial charge in [0.25, 0.3) is 0 Å². The van der Waals surface area contributed by atoms with Crippen LogP contribution in [0, 0.1) is 6.92 Å². The fourth-order valence-corrected chi connectivity index (χ4v) is 6.00. The molecule has 0 atom stereocenters. The first-order valence-electron chi connectivity index (χ1n) is 16.1. The third-order valence-electron chi connectivity index (χ3n) is 8.25. The number of hydrogen-bond acceptors (Lipinski definition) is 1. The molecule has 228 valence electrons. The number of anilines is 3. The van der Waals surface area contributed by atoms with Crippen LogP contribution in [0.2, 0.25) is 0 Å². The highest BCUT2D eigenvalue weighted by molar-refractivity contribution is 6.05. The van der Waals surface area contributed by atoms with Crippen LogP contribution < -0.4 is 4.90 Å². The van der Waals surface area contributed by atoms with Gasteiger partial charge in [-0.25, -0.2) is 0 Å². The fraction of sp³-hybridized carbons (Fsp3) is 0.0435. The second-order valence-electron chi connectivity index (χ2n) is 11.5. The summed E-state index contributed by atoms with van der Waals surface area (Å²) >= 11 is 0. The topological polar surface area (TPSA) is 3.24 Å². The zero-order valence-electron chi connectivity index (χ0n) is 27.1. The maximum Gasteiger partial charge on any atom is 0.0462 e. The normalized spacial score (nSPS) is 12.1. The molecule has 0 aliphatic carbocycles. The lowest BCUT2D eigenvalue weighted by molar-refractivity contribution is 1.27. The molecule has 1 nitrogen and oxygen atoms in total. The van der Waals surface area contributed by atoms with Crippen molar-refractivity contribution >= 4 is 28.2 Å². The Kier molecular flexibility index (Phi) is 9.86. The molecule has 0 saturated heterocycles. The summed E-state index contributed by atoms with van der Waals surface area (Å²) in [7, 11) is 0. The molecule has 0 saturated carbocycles. The highest BCUT2D eigenvalue weighted by Gasteiger charge is 2.17. The molecule has 6 rings (SSSR count). The van der Waals surface area contributed by atoms with Crippen molar-refractivity contribution in [3.63, 3.8) is 0 Å². The molecule has 0 radical (unpaired) electrons. The second kappa shape index (κ2) is 14.9. The van der Waals surface area contributed by atoms with E-state index in [0.29, 0.717) is 0 Å². The third kappa shape index (κ3) is 7.16. The van der Waals surface area contributed by atoms with Crippen molar-refractivity contribution < 1.29 is 0 Å². The molecule has 0 spiro atoms. The molecule has 0 amide bonds. The Morgan fingerprint density at radius 3 is 1.49 bits per heavy atom. The first-order valence-corrected chi connectivity index (χ1v) is 16.1. The molecule has 0 fully saturated rings. The molecule has 6 aromatic carbocycles. The Balaban J connectivity index is 1.42. The van der Waals surface area contributed by atoms with Crippen molar-refractivity contribution in [3.8, 4) is 11.1 Å². The number of para-hydroxylation sites is 1. The predicted octanol–water partition coefficient (Wildman–Crippen LogP) is 12.8. The van der Waals surface area contributed by atoms with Crippen LogP contribution in [0.1, 0.15) is 29.2 Å². The molecule has 47 heavy (non-hydrogen) atoms. The van der Waals surface area contributed by atoms with Gasteiger partial charge in [-0.3, -0.25) is 0 Å². The summed E-state index contributed by atoms with van der Waals surface area (Å²) in [5.41, 5.74) is 13.9. The standard InChI is InChI=1S/C46H39N/c1-4-15-38(16-5-2)45(39-17-9-6-10-18-39)46(40-19-11-7-12-20-40)41-27-25-36(26-28-41)37-29-33-44(34-30-37)47(42-21-13-8-14-22-42)43-31-23-35(3)24-32-43/h4-34H,1H2,2-3H3/b16-5-,38-15+,46-45-. The lowest BCUT2D eigenvalue weighted by Gasteiger charge is -2.25. The quantitative estimate of drug-likeness (QED) is 0.111. The van der Waals surface area contributed by atoms with Gasteiger partial charge in [0, 0.05) is 17.1 Å². The summed E-state index contributed by atoms with van der Waals surface area (Å²) in [6.07, 6.45) is 8.21. The summed E-state index contributed by atoms with van der Waals surface area (Å²) in [5.74, 6) is 0. The van der Waals surface area contributed by atoms with Gasteiger partial charge in [-0.05, 0) is 94.8 Å². The van der Waals surface area contributed by atoms with Gasteiger partial charge in [-0.15, -0.1) is 0 Å².